The molecule has 0 aromatic rings. The summed E-state index contributed by atoms with van der Waals surface area (Å²) >= 11 is 0. The summed E-state index contributed by atoms with van der Waals surface area (Å²) in [5.74, 6) is 0.181. The zero-order chi connectivity index (χ0) is 8.77. The lowest BCUT2D eigenvalue weighted by Crippen LogP contribution is -2.30. The zero-order valence-electron chi connectivity index (χ0n) is 6.89. The molecule has 2 aliphatic rings. The molecule has 0 amide bonds. The van der Waals surface area contributed by atoms with E-state index in [4.69, 9.17) is 11.5 Å². The third kappa shape index (κ3) is 1.09. The second-order valence-corrected chi connectivity index (χ2v) is 3.69. The van der Waals surface area contributed by atoms with Gasteiger partial charge in [0.05, 0.1) is 5.70 Å². The van der Waals surface area contributed by atoms with E-state index in [9.17, 15) is 4.39 Å². The van der Waals surface area contributed by atoms with Crippen molar-refractivity contribution in [2.75, 3.05) is 0 Å². The highest BCUT2D eigenvalue weighted by molar-refractivity contribution is 5.32. The molecule has 2 nitrogen and oxygen atoms in total. The quantitative estimate of drug-likeness (QED) is 0.618. The van der Waals surface area contributed by atoms with Gasteiger partial charge in [0.2, 0.25) is 0 Å². The van der Waals surface area contributed by atoms with Crippen LogP contribution in [0.15, 0.2) is 23.5 Å². The summed E-state index contributed by atoms with van der Waals surface area (Å²) < 4.78 is 13.9. The van der Waals surface area contributed by atoms with E-state index >= 15 is 0 Å². The zero-order valence-corrected chi connectivity index (χ0v) is 6.89. The summed E-state index contributed by atoms with van der Waals surface area (Å²) in [6, 6.07) is 0. The van der Waals surface area contributed by atoms with Crippen molar-refractivity contribution in [3.63, 3.8) is 0 Å². The third-order valence-corrected chi connectivity index (χ3v) is 2.63. The normalized spacial score (nSPS) is 35.8. The Morgan fingerprint density at radius 1 is 1.42 bits per heavy atom. The Morgan fingerprint density at radius 3 is 2.58 bits per heavy atom. The molecule has 3 heteroatoms. The number of halogens is 1. The third-order valence-electron chi connectivity index (χ3n) is 2.63. The number of nitrogens with two attached hydrogens (primary N) is 2. The van der Waals surface area contributed by atoms with Crippen LogP contribution in [0.5, 0.6) is 0 Å². The molecule has 2 aliphatic carbocycles. The first-order valence-corrected chi connectivity index (χ1v) is 4.24. The average Bonchev–Trinajstić information content (AvgIpc) is 2.79. The van der Waals surface area contributed by atoms with Gasteiger partial charge < -0.3 is 11.5 Å². The Morgan fingerprint density at radius 2 is 2.08 bits per heavy atom. The Hall–Kier alpha value is -0.990. The van der Waals surface area contributed by atoms with Gasteiger partial charge in [0.1, 0.15) is 5.67 Å². The van der Waals surface area contributed by atoms with E-state index in [1.54, 1.807) is 12.2 Å². The van der Waals surface area contributed by atoms with Crippen molar-refractivity contribution < 1.29 is 4.39 Å². The molecular formula is C9H13FN2. The van der Waals surface area contributed by atoms with Crippen LogP contribution in [0.1, 0.15) is 19.3 Å². The van der Waals surface area contributed by atoms with E-state index in [0.29, 0.717) is 11.4 Å². The maximum Gasteiger partial charge on any atom is 0.137 e. The standard InChI is InChI=1S/C9H13FN2/c10-9(6-1-2-6)4-3-7(11)8(12)5-9/h3-4,6H,1-2,5,11-12H2. The highest BCUT2D eigenvalue weighted by Crippen LogP contribution is 2.47. The topological polar surface area (TPSA) is 52.0 Å². The van der Waals surface area contributed by atoms with Crippen LogP contribution in [0.2, 0.25) is 0 Å². The molecule has 2 rings (SSSR count). The molecule has 0 spiro atoms. The van der Waals surface area contributed by atoms with E-state index in [1.807, 2.05) is 0 Å². The fraction of sp³-hybridized carbons (Fsp3) is 0.556. The molecule has 66 valence electrons. The molecule has 1 atom stereocenters. The molecule has 0 radical (unpaired) electrons. The van der Waals surface area contributed by atoms with Gasteiger partial charge in [-0.2, -0.15) is 0 Å². The fourth-order valence-corrected chi connectivity index (χ4v) is 1.63. The van der Waals surface area contributed by atoms with Crippen molar-refractivity contribution in [1.82, 2.24) is 0 Å². The van der Waals surface area contributed by atoms with Gasteiger partial charge in [-0.15, -0.1) is 0 Å². The molecule has 0 aromatic heterocycles. The molecule has 12 heavy (non-hydrogen) atoms. The molecule has 1 fully saturated rings. The van der Waals surface area contributed by atoms with Crippen LogP contribution < -0.4 is 11.5 Å². The highest BCUT2D eigenvalue weighted by Gasteiger charge is 2.45. The molecule has 1 saturated carbocycles. The minimum absolute atomic E-state index is 0.181. The summed E-state index contributed by atoms with van der Waals surface area (Å²) in [5.41, 5.74) is 10.9. The van der Waals surface area contributed by atoms with Gasteiger partial charge in [-0.3, -0.25) is 0 Å². The molecule has 0 bridgehead atoms. The van der Waals surface area contributed by atoms with Gasteiger partial charge in [0.25, 0.3) is 0 Å². The smallest absolute Gasteiger partial charge is 0.137 e. The molecule has 4 N–H and O–H groups in total. The van der Waals surface area contributed by atoms with Crippen LogP contribution in [-0.4, -0.2) is 5.67 Å². The van der Waals surface area contributed by atoms with Crippen LogP contribution in [-0.2, 0) is 0 Å². The summed E-state index contributed by atoms with van der Waals surface area (Å²) in [6.07, 6.45) is 5.40. The lowest BCUT2D eigenvalue weighted by molar-refractivity contribution is 0.191. The minimum atomic E-state index is -1.20. The van der Waals surface area contributed by atoms with Gasteiger partial charge in [-0.25, -0.2) is 4.39 Å². The Kier molecular flexibility index (Phi) is 1.43. The predicted octanol–water partition coefficient (Wildman–Crippen LogP) is 1.19. The summed E-state index contributed by atoms with van der Waals surface area (Å²) in [7, 11) is 0. The number of hydrogen-bond donors (Lipinski definition) is 2. The van der Waals surface area contributed by atoms with Gasteiger partial charge in [0.15, 0.2) is 0 Å². The van der Waals surface area contributed by atoms with Crippen LogP contribution in [0.3, 0.4) is 0 Å². The number of alkyl halides is 1. The lowest BCUT2D eigenvalue weighted by Gasteiger charge is -2.25. The Bertz CT molecular complexity index is 266. The maximum absolute atomic E-state index is 13.9. The van der Waals surface area contributed by atoms with E-state index < -0.39 is 5.67 Å². The number of hydrogen-bond acceptors (Lipinski definition) is 2. The summed E-state index contributed by atoms with van der Waals surface area (Å²) in [4.78, 5) is 0. The lowest BCUT2D eigenvalue weighted by atomic mass is 9.89. The molecule has 0 heterocycles. The van der Waals surface area contributed by atoms with E-state index in [0.717, 1.165) is 12.8 Å². The number of rotatable bonds is 1. The molecule has 0 aliphatic heterocycles. The van der Waals surface area contributed by atoms with Crippen molar-refractivity contribution in [1.29, 1.82) is 0 Å². The monoisotopic (exact) mass is 168 g/mol. The SMILES string of the molecule is NC1=C(N)CC(F)(C2CC2)C=C1. The van der Waals surface area contributed by atoms with E-state index in [2.05, 4.69) is 0 Å². The minimum Gasteiger partial charge on any atom is -0.400 e. The first kappa shape index (κ1) is 7.65. The Labute approximate surface area is 71.1 Å². The first-order valence-electron chi connectivity index (χ1n) is 4.24. The van der Waals surface area contributed by atoms with Gasteiger partial charge in [0, 0.05) is 12.1 Å². The van der Waals surface area contributed by atoms with Crippen LogP contribution in [0.25, 0.3) is 0 Å². The Balaban J connectivity index is 2.20. The van der Waals surface area contributed by atoms with Crippen LogP contribution in [0, 0.1) is 5.92 Å². The molecule has 0 aromatic carbocycles. The molecule has 0 saturated heterocycles. The number of allylic oxidation sites excluding steroid dienone is 3. The van der Waals surface area contributed by atoms with Crippen molar-refractivity contribution in [3.8, 4) is 0 Å². The van der Waals surface area contributed by atoms with Crippen molar-refractivity contribution in [2.45, 2.75) is 24.9 Å². The average molecular weight is 168 g/mol. The van der Waals surface area contributed by atoms with Crippen molar-refractivity contribution >= 4 is 0 Å². The predicted molar refractivity (Wildman–Crippen MR) is 45.7 cm³/mol. The maximum atomic E-state index is 13.9. The van der Waals surface area contributed by atoms with Gasteiger partial charge in [-0.05, 0) is 30.9 Å². The van der Waals surface area contributed by atoms with Gasteiger partial charge >= 0.3 is 0 Å². The molecular weight excluding hydrogens is 155 g/mol. The highest BCUT2D eigenvalue weighted by atomic mass is 19.1. The first-order chi connectivity index (χ1) is 5.62. The summed E-state index contributed by atoms with van der Waals surface area (Å²) in [5, 5.41) is 0. The van der Waals surface area contributed by atoms with Crippen LogP contribution in [0.4, 0.5) is 4.39 Å². The van der Waals surface area contributed by atoms with Gasteiger partial charge in [-0.1, -0.05) is 0 Å². The van der Waals surface area contributed by atoms with E-state index in [-0.39, 0.29) is 12.3 Å². The largest absolute Gasteiger partial charge is 0.400 e. The van der Waals surface area contributed by atoms with Crippen molar-refractivity contribution in [2.24, 2.45) is 17.4 Å². The second kappa shape index (κ2) is 2.25. The molecule has 1 unspecified atom stereocenters. The second-order valence-electron chi connectivity index (χ2n) is 3.69. The van der Waals surface area contributed by atoms with E-state index in [1.165, 1.54) is 0 Å². The summed E-state index contributed by atoms with van der Waals surface area (Å²) in [6.45, 7) is 0. The van der Waals surface area contributed by atoms with Crippen molar-refractivity contribution in [3.05, 3.63) is 23.5 Å². The fourth-order valence-electron chi connectivity index (χ4n) is 1.63. The van der Waals surface area contributed by atoms with Crippen LogP contribution >= 0.6 is 0 Å².